The highest BCUT2D eigenvalue weighted by Gasteiger charge is 2.15. The maximum absolute atomic E-state index is 9.79. The summed E-state index contributed by atoms with van der Waals surface area (Å²) in [4.78, 5) is 0. The molecule has 0 aliphatic heterocycles. The fourth-order valence-electron chi connectivity index (χ4n) is 1.34. The van der Waals surface area contributed by atoms with Gasteiger partial charge in [-0.2, -0.15) is 5.26 Å². The first kappa shape index (κ1) is 12.5. The van der Waals surface area contributed by atoms with E-state index in [-0.39, 0.29) is 0 Å². The van der Waals surface area contributed by atoms with Crippen LogP contribution in [-0.4, -0.2) is 11.7 Å². The van der Waals surface area contributed by atoms with Gasteiger partial charge in [0, 0.05) is 0 Å². The van der Waals surface area contributed by atoms with Crippen LogP contribution in [0.5, 0.6) is 5.75 Å². The van der Waals surface area contributed by atoms with Gasteiger partial charge in [0.15, 0.2) is 0 Å². The Bertz CT molecular complexity index is 353. The molecule has 2 unspecified atom stereocenters. The van der Waals surface area contributed by atoms with Crippen molar-refractivity contribution >= 4 is 0 Å². The van der Waals surface area contributed by atoms with Gasteiger partial charge in [-0.15, -0.1) is 0 Å². The highest BCUT2D eigenvalue weighted by atomic mass is 16.5. The van der Waals surface area contributed by atoms with E-state index in [0.717, 1.165) is 17.7 Å². The summed E-state index contributed by atoms with van der Waals surface area (Å²) in [6, 6.07) is 9.26. The van der Waals surface area contributed by atoms with Crippen molar-refractivity contribution in [1.29, 1.82) is 5.26 Å². The number of hydrogen-bond acceptors (Lipinski definition) is 3. The third kappa shape index (κ3) is 3.25. The Morgan fingerprint density at radius 3 is 2.50 bits per heavy atom. The molecule has 0 heterocycles. The zero-order valence-corrected chi connectivity index (χ0v) is 9.68. The lowest BCUT2D eigenvalue weighted by atomic mass is 9.99. The van der Waals surface area contributed by atoms with Crippen molar-refractivity contribution in [3.05, 3.63) is 29.8 Å². The van der Waals surface area contributed by atoms with Crippen molar-refractivity contribution in [2.24, 2.45) is 5.92 Å². The lowest BCUT2D eigenvalue weighted by Gasteiger charge is -2.13. The Hall–Kier alpha value is -1.53. The van der Waals surface area contributed by atoms with Gasteiger partial charge in [0.25, 0.3) is 0 Å². The van der Waals surface area contributed by atoms with E-state index in [4.69, 9.17) is 10.00 Å². The highest BCUT2D eigenvalue weighted by Crippen LogP contribution is 2.23. The van der Waals surface area contributed by atoms with Crippen LogP contribution in [0.3, 0.4) is 0 Å². The maximum Gasteiger partial charge on any atom is 0.119 e. The molecule has 16 heavy (non-hydrogen) atoms. The monoisotopic (exact) mass is 219 g/mol. The largest absolute Gasteiger partial charge is 0.494 e. The third-order valence-electron chi connectivity index (χ3n) is 2.37. The minimum absolute atomic E-state index is 0.401. The van der Waals surface area contributed by atoms with Crippen LogP contribution in [0.1, 0.15) is 31.9 Å². The SMILES string of the molecule is CCCOc1ccc(C(O)C(C)C#N)cc1. The molecular weight excluding hydrogens is 202 g/mol. The average molecular weight is 219 g/mol. The van der Waals surface area contributed by atoms with E-state index in [0.29, 0.717) is 6.61 Å². The summed E-state index contributed by atoms with van der Waals surface area (Å²) in [5, 5.41) is 18.5. The van der Waals surface area contributed by atoms with Gasteiger partial charge in [0.2, 0.25) is 0 Å². The van der Waals surface area contributed by atoms with E-state index in [2.05, 4.69) is 0 Å². The Morgan fingerprint density at radius 1 is 1.38 bits per heavy atom. The van der Waals surface area contributed by atoms with Crippen LogP contribution in [0.15, 0.2) is 24.3 Å². The zero-order chi connectivity index (χ0) is 12.0. The fourth-order valence-corrected chi connectivity index (χ4v) is 1.34. The lowest BCUT2D eigenvalue weighted by Crippen LogP contribution is -2.06. The molecule has 3 nitrogen and oxygen atoms in total. The molecule has 1 aromatic rings. The van der Waals surface area contributed by atoms with Gasteiger partial charge < -0.3 is 9.84 Å². The molecule has 0 aliphatic rings. The van der Waals surface area contributed by atoms with Crippen molar-refractivity contribution < 1.29 is 9.84 Å². The molecule has 0 amide bonds. The molecule has 0 aliphatic carbocycles. The van der Waals surface area contributed by atoms with Gasteiger partial charge in [-0.25, -0.2) is 0 Å². The van der Waals surface area contributed by atoms with Crippen molar-refractivity contribution in [2.45, 2.75) is 26.4 Å². The van der Waals surface area contributed by atoms with E-state index in [9.17, 15) is 5.11 Å². The molecule has 3 heteroatoms. The van der Waals surface area contributed by atoms with Gasteiger partial charge >= 0.3 is 0 Å². The second-order valence-corrected chi connectivity index (χ2v) is 3.78. The first-order valence-corrected chi connectivity index (χ1v) is 5.49. The predicted molar refractivity (Wildman–Crippen MR) is 62.0 cm³/mol. The molecule has 0 saturated carbocycles. The first-order chi connectivity index (χ1) is 7.69. The van der Waals surface area contributed by atoms with Crippen LogP contribution < -0.4 is 4.74 Å². The van der Waals surface area contributed by atoms with Gasteiger partial charge in [-0.1, -0.05) is 19.1 Å². The Labute approximate surface area is 96.3 Å². The minimum atomic E-state index is -0.731. The van der Waals surface area contributed by atoms with Crippen molar-refractivity contribution in [3.63, 3.8) is 0 Å². The van der Waals surface area contributed by atoms with E-state index in [1.54, 1.807) is 19.1 Å². The number of hydrogen-bond donors (Lipinski definition) is 1. The first-order valence-electron chi connectivity index (χ1n) is 5.49. The van der Waals surface area contributed by atoms with Crippen molar-refractivity contribution in [3.8, 4) is 11.8 Å². The number of rotatable bonds is 5. The minimum Gasteiger partial charge on any atom is -0.494 e. The molecule has 2 atom stereocenters. The zero-order valence-electron chi connectivity index (χ0n) is 9.68. The predicted octanol–water partition coefficient (Wildman–Crippen LogP) is 2.67. The number of aliphatic hydroxyl groups excluding tert-OH is 1. The molecule has 0 spiro atoms. The molecule has 0 saturated heterocycles. The summed E-state index contributed by atoms with van der Waals surface area (Å²) in [6.07, 6.45) is 0.237. The second kappa shape index (κ2) is 6.14. The topological polar surface area (TPSA) is 53.2 Å². The van der Waals surface area contributed by atoms with Crippen LogP contribution in [0.25, 0.3) is 0 Å². The van der Waals surface area contributed by atoms with Crippen LogP contribution in [-0.2, 0) is 0 Å². The maximum atomic E-state index is 9.79. The highest BCUT2D eigenvalue weighted by molar-refractivity contribution is 5.29. The van der Waals surface area contributed by atoms with E-state index < -0.39 is 12.0 Å². The van der Waals surface area contributed by atoms with Crippen LogP contribution >= 0.6 is 0 Å². The molecule has 0 radical (unpaired) electrons. The van der Waals surface area contributed by atoms with Gasteiger partial charge in [-0.05, 0) is 31.0 Å². The number of aliphatic hydroxyl groups is 1. The lowest BCUT2D eigenvalue weighted by molar-refractivity contribution is 0.142. The van der Waals surface area contributed by atoms with E-state index in [1.807, 2.05) is 25.1 Å². The number of nitrogens with zero attached hydrogens (tertiary/aromatic N) is 1. The third-order valence-corrected chi connectivity index (χ3v) is 2.37. The number of ether oxygens (including phenoxy) is 1. The molecule has 1 aromatic carbocycles. The van der Waals surface area contributed by atoms with Crippen molar-refractivity contribution in [1.82, 2.24) is 0 Å². The molecule has 0 fully saturated rings. The molecule has 0 bridgehead atoms. The average Bonchev–Trinajstić information content (AvgIpc) is 2.35. The molecule has 1 rings (SSSR count). The smallest absolute Gasteiger partial charge is 0.119 e. The van der Waals surface area contributed by atoms with E-state index in [1.165, 1.54) is 0 Å². The number of benzene rings is 1. The summed E-state index contributed by atoms with van der Waals surface area (Å²) in [6.45, 7) is 4.44. The quantitative estimate of drug-likeness (QED) is 0.828. The standard InChI is InChI=1S/C13H17NO2/c1-3-8-16-12-6-4-11(5-7-12)13(15)10(2)9-14/h4-7,10,13,15H,3,8H2,1-2H3. The Morgan fingerprint density at radius 2 is 2.00 bits per heavy atom. The van der Waals surface area contributed by atoms with Crippen LogP contribution in [0.4, 0.5) is 0 Å². The van der Waals surface area contributed by atoms with Gasteiger partial charge in [-0.3, -0.25) is 0 Å². The number of nitriles is 1. The summed E-state index contributed by atoms with van der Waals surface area (Å²) >= 11 is 0. The van der Waals surface area contributed by atoms with Crippen molar-refractivity contribution in [2.75, 3.05) is 6.61 Å². The van der Waals surface area contributed by atoms with Crippen LogP contribution in [0.2, 0.25) is 0 Å². The summed E-state index contributed by atoms with van der Waals surface area (Å²) in [5.41, 5.74) is 0.748. The summed E-state index contributed by atoms with van der Waals surface area (Å²) in [7, 11) is 0. The normalized spacial score (nSPS) is 13.9. The molecule has 86 valence electrons. The Balaban J connectivity index is 2.67. The summed E-state index contributed by atoms with van der Waals surface area (Å²) in [5.74, 6) is 0.393. The Kier molecular flexibility index (Phi) is 4.81. The summed E-state index contributed by atoms with van der Waals surface area (Å²) < 4.78 is 5.43. The second-order valence-electron chi connectivity index (χ2n) is 3.78. The molecule has 0 aromatic heterocycles. The molecule has 1 N–H and O–H groups in total. The van der Waals surface area contributed by atoms with Crippen LogP contribution in [0, 0.1) is 17.2 Å². The van der Waals surface area contributed by atoms with Gasteiger partial charge in [0.05, 0.1) is 24.7 Å². The van der Waals surface area contributed by atoms with Gasteiger partial charge in [0.1, 0.15) is 5.75 Å². The molecular formula is C13H17NO2. The van der Waals surface area contributed by atoms with E-state index >= 15 is 0 Å². The fraction of sp³-hybridized carbons (Fsp3) is 0.462.